The first kappa shape index (κ1) is 8.97. The first-order valence-corrected chi connectivity index (χ1v) is 3.86. The van der Waals surface area contributed by atoms with Crippen LogP contribution >= 0.6 is 0 Å². The summed E-state index contributed by atoms with van der Waals surface area (Å²) in [6.07, 6.45) is -2.37. The molecule has 1 N–H and O–H groups in total. The van der Waals surface area contributed by atoms with Crippen molar-refractivity contribution in [3.8, 4) is 0 Å². The third kappa shape index (κ3) is 2.19. The third-order valence-corrected chi connectivity index (χ3v) is 1.54. The minimum atomic E-state index is -2.37. The van der Waals surface area contributed by atoms with Crippen LogP contribution in [0, 0.1) is 0 Å². The van der Waals surface area contributed by atoms with Gasteiger partial charge in [0.05, 0.1) is 0 Å². The highest BCUT2D eigenvalue weighted by Gasteiger charge is 2.04. The Kier molecular flexibility index (Phi) is 3.02. The van der Waals surface area contributed by atoms with Crippen molar-refractivity contribution in [3.63, 3.8) is 0 Å². The molecule has 66 valence electrons. The second-order valence-corrected chi connectivity index (χ2v) is 2.45. The lowest BCUT2D eigenvalue weighted by Gasteiger charge is -2.03. The molecule has 12 heavy (non-hydrogen) atoms. The zero-order valence-corrected chi connectivity index (χ0v) is 6.85. The van der Waals surface area contributed by atoms with Crippen LogP contribution in [0.5, 0.6) is 0 Å². The van der Waals surface area contributed by atoms with E-state index in [1.807, 2.05) is 6.92 Å². The first-order valence-electron chi connectivity index (χ1n) is 3.86. The van der Waals surface area contributed by atoms with Gasteiger partial charge < -0.3 is 5.32 Å². The molecule has 0 heterocycles. The van der Waals surface area contributed by atoms with Gasteiger partial charge in [0.1, 0.15) is 0 Å². The SMILES string of the molecule is CCNc1ccc(C(F)F)cc1. The maximum atomic E-state index is 12.1. The van der Waals surface area contributed by atoms with E-state index < -0.39 is 6.43 Å². The van der Waals surface area contributed by atoms with Crippen molar-refractivity contribution in [3.05, 3.63) is 29.8 Å². The lowest BCUT2D eigenvalue weighted by molar-refractivity contribution is 0.151. The van der Waals surface area contributed by atoms with Gasteiger partial charge in [0.15, 0.2) is 0 Å². The Morgan fingerprint density at radius 2 is 1.83 bits per heavy atom. The minimum Gasteiger partial charge on any atom is -0.385 e. The Morgan fingerprint density at radius 1 is 1.25 bits per heavy atom. The molecule has 1 nitrogen and oxygen atoms in total. The molecule has 0 saturated heterocycles. The molecule has 0 bridgehead atoms. The average Bonchev–Trinajstić information content (AvgIpc) is 2.06. The van der Waals surface area contributed by atoms with Crippen LogP contribution in [0.4, 0.5) is 14.5 Å². The van der Waals surface area contributed by atoms with Gasteiger partial charge in [0, 0.05) is 17.8 Å². The lowest BCUT2D eigenvalue weighted by Crippen LogP contribution is -1.96. The summed E-state index contributed by atoms with van der Waals surface area (Å²) in [4.78, 5) is 0. The van der Waals surface area contributed by atoms with Crippen molar-refractivity contribution in [2.75, 3.05) is 11.9 Å². The molecule has 0 aliphatic rings. The van der Waals surface area contributed by atoms with Gasteiger partial charge in [-0.2, -0.15) is 0 Å². The van der Waals surface area contributed by atoms with Gasteiger partial charge in [-0.25, -0.2) is 8.78 Å². The molecular weight excluding hydrogens is 160 g/mol. The topological polar surface area (TPSA) is 12.0 Å². The van der Waals surface area contributed by atoms with E-state index in [1.165, 1.54) is 12.1 Å². The Morgan fingerprint density at radius 3 is 2.25 bits per heavy atom. The van der Waals surface area contributed by atoms with Gasteiger partial charge in [-0.05, 0) is 19.1 Å². The summed E-state index contributed by atoms with van der Waals surface area (Å²) in [5.41, 5.74) is 0.943. The molecule has 0 spiro atoms. The van der Waals surface area contributed by atoms with Gasteiger partial charge in [0.25, 0.3) is 6.43 Å². The Bertz CT molecular complexity index is 231. The lowest BCUT2D eigenvalue weighted by atomic mass is 10.2. The summed E-state index contributed by atoms with van der Waals surface area (Å²) in [6.45, 7) is 2.76. The van der Waals surface area contributed by atoms with Crippen molar-refractivity contribution < 1.29 is 8.78 Å². The second kappa shape index (κ2) is 4.04. The summed E-state index contributed by atoms with van der Waals surface area (Å²) in [6, 6.07) is 6.18. The van der Waals surface area contributed by atoms with Gasteiger partial charge in [0.2, 0.25) is 0 Å². The number of halogens is 2. The molecule has 0 unspecified atom stereocenters. The second-order valence-electron chi connectivity index (χ2n) is 2.45. The number of benzene rings is 1. The van der Waals surface area contributed by atoms with E-state index in [9.17, 15) is 8.78 Å². The van der Waals surface area contributed by atoms with Crippen LogP contribution in [0.2, 0.25) is 0 Å². The van der Waals surface area contributed by atoms with Gasteiger partial charge in [-0.15, -0.1) is 0 Å². The molecule has 1 aromatic carbocycles. The van der Waals surface area contributed by atoms with Crippen molar-refractivity contribution >= 4 is 5.69 Å². The molecule has 0 aliphatic carbocycles. The quantitative estimate of drug-likeness (QED) is 0.737. The highest BCUT2D eigenvalue weighted by molar-refractivity contribution is 5.44. The average molecular weight is 171 g/mol. The Labute approximate surface area is 70.4 Å². The van der Waals surface area contributed by atoms with E-state index in [1.54, 1.807) is 12.1 Å². The summed E-state index contributed by atoms with van der Waals surface area (Å²) >= 11 is 0. The zero-order valence-electron chi connectivity index (χ0n) is 6.85. The predicted molar refractivity (Wildman–Crippen MR) is 45.6 cm³/mol. The summed E-state index contributed by atoms with van der Waals surface area (Å²) in [7, 11) is 0. The largest absolute Gasteiger partial charge is 0.385 e. The highest BCUT2D eigenvalue weighted by Crippen LogP contribution is 2.20. The fraction of sp³-hybridized carbons (Fsp3) is 0.333. The van der Waals surface area contributed by atoms with E-state index in [0.717, 1.165) is 12.2 Å². The molecule has 1 rings (SSSR count). The minimum absolute atomic E-state index is 0.0663. The van der Waals surface area contributed by atoms with Gasteiger partial charge in [-0.3, -0.25) is 0 Å². The number of nitrogens with one attached hydrogen (secondary N) is 1. The molecule has 0 aliphatic heterocycles. The number of rotatable bonds is 3. The first-order chi connectivity index (χ1) is 5.74. The van der Waals surface area contributed by atoms with Crippen molar-refractivity contribution in [1.29, 1.82) is 0 Å². The molecule has 0 radical (unpaired) electrons. The van der Waals surface area contributed by atoms with Crippen LogP contribution in [-0.2, 0) is 0 Å². The molecule has 0 amide bonds. The van der Waals surface area contributed by atoms with Crippen LogP contribution in [0.3, 0.4) is 0 Å². The van der Waals surface area contributed by atoms with Gasteiger partial charge >= 0.3 is 0 Å². The summed E-state index contributed by atoms with van der Waals surface area (Å²) < 4.78 is 24.1. The maximum Gasteiger partial charge on any atom is 0.263 e. The number of alkyl halides is 2. The maximum absolute atomic E-state index is 12.1. The van der Waals surface area contributed by atoms with Gasteiger partial charge in [-0.1, -0.05) is 12.1 Å². The summed E-state index contributed by atoms with van der Waals surface area (Å²) in [5.74, 6) is 0. The van der Waals surface area contributed by atoms with Crippen LogP contribution in [0.15, 0.2) is 24.3 Å². The number of anilines is 1. The van der Waals surface area contributed by atoms with E-state index in [0.29, 0.717) is 0 Å². The normalized spacial score (nSPS) is 10.3. The van der Waals surface area contributed by atoms with E-state index in [2.05, 4.69) is 5.32 Å². The molecular formula is C9H11F2N. The molecule has 3 heteroatoms. The monoisotopic (exact) mass is 171 g/mol. The Balaban J connectivity index is 2.71. The van der Waals surface area contributed by atoms with Crippen LogP contribution in [0.1, 0.15) is 18.9 Å². The molecule has 1 aromatic rings. The smallest absolute Gasteiger partial charge is 0.263 e. The Hall–Kier alpha value is -1.12. The molecule has 0 fully saturated rings. The van der Waals surface area contributed by atoms with Crippen LogP contribution < -0.4 is 5.32 Å². The zero-order chi connectivity index (χ0) is 8.97. The molecule has 0 atom stereocenters. The van der Waals surface area contributed by atoms with E-state index >= 15 is 0 Å². The molecule has 0 aromatic heterocycles. The van der Waals surface area contributed by atoms with E-state index in [-0.39, 0.29) is 5.56 Å². The van der Waals surface area contributed by atoms with E-state index in [4.69, 9.17) is 0 Å². The molecule has 0 saturated carbocycles. The van der Waals surface area contributed by atoms with Crippen LogP contribution in [-0.4, -0.2) is 6.54 Å². The fourth-order valence-corrected chi connectivity index (χ4v) is 0.951. The van der Waals surface area contributed by atoms with Crippen molar-refractivity contribution in [1.82, 2.24) is 0 Å². The van der Waals surface area contributed by atoms with Crippen molar-refractivity contribution in [2.45, 2.75) is 13.3 Å². The third-order valence-electron chi connectivity index (χ3n) is 1.54. The highest BCUT2D eigenvalue weighted by atomic mass is 19.3. The number of hydrogen-bond acceptors (Lipinski definition) is 1. The standard InChI is InChI=1S/C9H11F2N/c1-2-12-8-5-3-7(4-6-8)9(10)11/h3-6,9,12H,2H2,1H3. The summed E-state index contributed by atoms with van der Waals surface area (Å²) in [5, 5.41) is 3.03. The van der Waals surface area contributed by atoms with Crippen molar-refractivity contribution in [2.24, 2.45) is 0 Å². The fourth-order valence-electron chi connectivity index (χ4n) is 0.951. The predicted octanol–water partition coefficient (Wildman–Crippen LogP) is 3.06. The van der Waals surface area contributed by atoms with Crippen LogP contribution in [0.25, 0.3) is 0 Å². The number of hydrogen-bond donors (Lipinski definition) is 1.